The molecule has 2 aromatic rings. The standard InChI is InChI=1S/C16H18N2O3/c1-10-8-12(5-7-14(10)20-2)18-16(19)11-4-6-15(21-3)13(17)9-11/h4-9H,17H2,1-3H3,(H,18,19). The predicted octanol–water partition coefficient (Wildman–Crippen LogP) is 2.85. The van der Waals surface area contributed by atoms with E-state index in [0.29, 0.717) is 22.7 Å². The Morgan fingerprint density at radius 1 is 1.05 bits per heavy atom. The smallest absolute Gasteiger partial charge is 0.255 e. The van der Waals surface area contributed by atoms with Gasteiger partial charge in [-0.15, -0.1) is 0 Å². The highest BCUT2D eigenvalue weighted by atomic mass is 16.5. The number of ether oxygens (including phenoxy) is 2. The van der Waals surface area contributed by atoms with Crippen LogP contribution in [-0.2, 0) is 0 Å². The zero-order valence-corrected chi connectivity index (χ0v) is 12.3. The van der Waals surface area contributed by atoms with Crippen molar-refractivity contribution in [2.75, 3.05) is 25.3 Å². The number of nitrogens with two attached hydrogens (primary N) is 1. The van der Waals surface area contributed by atoms with Crippen molar-refractivity contribution >= 4 is 17.3 Å². The molecule has 0 saturated heterocycles. The van der Waals surface area contributed by atoms with Crippen molar-refractivity contribution in [3.63, 3.8) is 0 Å². The van der Waals surface area contributed by atoms with Crippen molar-refractivity contribution in [3.05, 3.63) is 47.5 Å². The summed E-state index contributed by atoms with van der Waals surface area (Å²) in [6, 6.07) is 10.4. The summed E-state index contributed by atoms with van der Waals surface area (Å²) in [5.41, 5.74) is 8.35. The number of methoxy groups -OCH3 is 2. The highest BCUT2D eigenvalue weighted by Crippen LogP contribution is 2.24. The van der Waals surface area contributed by atoms with Crippen LogP contribution in [0.4, 0.5) is 11.4 Å². The summed E-state index contributed by atoms with van der Waals surface area (Å²) in [7, 11) is 3.15. The fraction of sp³-hybridized carbons (Fsp3) is 0.188. The lowest BCUT2D eigenvalue weighted by Gasteiger charge is -2.10. The molecule has 21 heavy (non-hydrogen) atoms. The van der Waals surface area contributed by atoms with Crippen molar-refractivity contribution < 1.29 is 14.3 Å². The lowest BCUT2D eigenvalue weighted by atomic mass is 10.1. The van der Waals surface area contributed by atoms with Gasteiger partial charge in [0.1, 0.15) is 11.5 Å². The maximum Gasteiger partial charge on any atom is 0.255 e. The molecule has 0 radical (unpaired) electrons. The van der Waals surface area contributed by atoms with Gasteiger partial charge in [-0.25, -0.2) is 0 Å². The number of rotatable bonds is 4. The van der Waals surface area contributed by atoms with Gasteiger partial charge in [0.05, 0.1) is 19.9 Å². The van der Waals surface area contributed by atoms with Gasteiger partial charge in [-0.1, -0.05) is 0 Å². The Hall–Kier alpha value is -2.69. The maximum absolute atomic E-state index is 12.2. The Morgan fingerprint density at radius 2 is 1.71 bits per heavy atom. The Labute approximate surface area is 123 Å². The van der Waals surface area contributed by atoms with Crippen LogP contribution in [0.15, 0.2) is 36.4 Å². The molecule has 0 aliphatic carbocycles. The SMILES string of the molecule is COc1ccc(NC(=O)c2ccc(OC)c(N)c2)cc1C. The molecule has 5 heteroatoms. The largest absolute Gasteiger partial charge is 0.496 e. The van der Waals surface area contributed by atoms with Crippen LogP contribution in [0.25, 0.3) is 0 Å². The zero-order chi connectivity index (χ0) is 15.4. The molecule has 0 saturated carbocycles. The van der Waals surface area contributed by atoms with Gasteiger partial charge >= 0.3 is 0 Å². The Balaban J connectivity index is 2.18. The van der Waals surface area contributed by atoms with E-state index in [1.165, 1.54) is 7.11 Å². The summed E-state index contributed by atoms with van der Waals surface area (Å²) in [5, 5.41) is 2.82. The molecule has 2 aromatic carbocycles. The maximum atomic E-state index is 12.2. The fourth-order valence-corrected chi connectivity index (χ4v) is 2.04. The summed E-state index contributed by atoms with van der Waals surface area (Å²) in [5.74, 6) is 1.10. The summed E-state index contributed by atoms with van der Waals surface area (Å²) in [6.45, 7) is 1.92. The molecular weight excluding hydrogens is 268 g/mol. The van der Waals surface area contributed by atoms with E-state index < -0.39 is 0 Å². The second kappa shape index (κ2) is 6.17. The third-order valence-corrected chi connectivity index (χ3v) is 3.14. The number of nitrogens with one attached hydrogen (secondary N) is 1. The molecular formula is C16H18N2O3. The minimum Gasteiger partial charge on any atom is -0.496 e. The number of hydrogen-bond acceptors (Lipinski definition) is 4. The molecule has 0 spiro atoms. The first kappa shape index (κ1) is 14.7. The number of nitrogen functional groups attached to an aromatic ring is 1. The monoisotopic (exact) mass is 286 g/mol. The molecule has 0 bridgehead atoms. The van der Waals surface area contributed by atoms with E-state index in [0.717, 1.165) is 11.3 Å². The van der Waals surface area contributed by atoms with Crippen molar-refractivity contribution in [2.24, 2.45) is 0 Å². The molecule has 0 aliphatic heterocycles. The number of carbonyl (C=O) groups excluding carboxylic acids is 1. The number of hydrogen-bond donors (Lipinski definition) is 2. The molecule has 1 amide bonds. The van der Waals surface area contributed by atoms with Gasteiger partial charge in [-0.05, 0) is 48.9 Å². The average molecular weight is 286 g/mol. The summed E-state index contributed by atoms with van der Waals surface area (Å²) >= 11 is 0. The molecule has 2 rings (SSSR count). The molecule has 0 heterocycles. The Morgan fingerprint density at radius 3 is 2.29 bits per heavy atom. The quantitative estimate of drug-likeness (QED) is 0.848. The van der Waals surface area contributed by atoms with Crippen LogP contribution in [-0.4, -0.2) is 20.1 Å². The number of aryl methyl sites for hydroxylation is 1. The van der Waals surface area contributed by atoms with E-state index in [2.05, 4.69) is 5.32 Å². The van der Waals surface area contributed by atoms with E-state index >= 15 is 0 Å². The van der Waals surface area contributed by atoms with Gasteiger partial charge in [0, 0.05) is 11.3 Å². The van der Waals surface area contributed by atoms with Gasteiger partial charge < -0.3 is 20.5 Å². The van der Waals surface area contributed by atoms with Crippen LogP contribution in [0.5, 0.6) is 11.5 Å². The lowest BCUT2D eigenvalue weighted by Crippen LogP contribution is -2.12. The van der Waals surface area contributed by atoms with Crippen LogP contribution in [0.1, 0.15) is 15.9 Å². The van der Waals surface area contributed by atoms with E-state index in [1.54, 1.807) is 31.4 Å². The van der Waals surface area contributed by atoms with Crippen LogP contribution in [0.2, 0.25) is 0 Å². The van der Waals surface area contributed by atoms with Crippen molar-refractivity contribution in [1.29, 1.82) is 0 Å². The van der Waals surface area contributed by atoms with E-state index in [9.17, 15) is 4.79 Å². The number of anilines is 2. The minimum atomic E-state index is -0.228. The third kappa shape index (κ3) is 3.25. The molecule has 110 valence electrons. The first-order valence-electron chi connectivity index (χ1n) is 6.44. The topological polar surface area (TPSA) is 73.6 Å². The Kier molecular flexibility index (Phi) is 4.33. The highest BCUT2D eigenvalue weighted by molar-refractivity contribution is 6.05. The molecule has 3 N–H and O–H groups in total. The zero-order valence-electron chi connectivity index (χ0n) is 12.3. The lowest BCUT2D eigenvalue weighted by molar-refractivity contribution is 0.102. The summed E-state index contributed by atoms with van der Waals surface area (Å²) in [6.07, 6.45) is 0. The Bertz CT molecular complexity index is 669. The molecule has 5 nitrogen and oxygen atoms in total. The van der Waals surface area contributed by atoms with Crippen LogP contribution in [0, 0.1) is 6.92 Å². The molecule has 0 atom stereocenters. The van der Waals surface area contributed by atoms with E-state index in [4.69, 9.17) is 15.2 Å². The van der Waals surface area contributed by atoms with Gasteiger partial charge in [0.2, 0.25) is 0 Å². The van der Waals surface area contributed by atoms with Crippen molar-refractivity contribution in [2.45, 2.75) is 6.92 Å². The second-order valence-electron chi connectivity index (χ2n) is 4.60. The van der Waals surface area contributed by atoms with Crippen LogP contribution < -0.4 is 20.5 Å². The summed E-state index contributed by atoms with van der Waals surface area (Å²) in [4.78, 5) is 12.2. The van der Waals surface area contributed by atoms with Crippen molar-refractivity contribution in [1.82, 2.24) is 0 Å². The normalized spacial score (nSPS) is 10.0. The molecule has 0 unspecified atom stereocenters. The molecule has 0 fully saturated rings. The first-order valence-corrected chi connectivity index (χ1v) is 6.44. The van der Waals surface area contributed by atoms with Crippen LogP contribution in [0.3, 0.4) is 0 Å². The average Bonchev–Trinajstić information content (AvgIpc) is 2.47. The molecule has 0 aromatic heterocycles. The van der Waals surface area contributed by atoms with Gasteiger partial charge in [0.15, 0.2) is 0 Å². The van der Waals surface area contributed by atoms with Gasteiger partial charge in [-0.2, -0.15) is 0 Å². The van der Waals surface area contributed by atoms with Crippen molar-refractivity contribution in [3.8, 4) is 11.5 Å². The van der Waals surface area contributed by atoms with Crippen LogP contribution >= 0.6 is 0 Å². The van der Waals surface area contributed by atoms with E-state index in [1.807, 2.05) is 19.1 Å². The first-order chi connectivity index (χ1) is 10.0. The number of carbonyl (C=O) groups is 1. The predicted molar refractivity (Wildman–Crippen MR) is 83.1 cm³/mol. The van der Waals surface area contributed by atoms with Gasteiger partial charge in [0.25, 0.3) is 5.91 Å². The van der Waals surface area contributed by atoms with E-state index in [-0.39, 0.29) is 5.91 Å². The number of benzene rings is 2. The molecule has 0 aliphatic rings. The minimum absolute atomic E-state index is 0.228. The fourth-order valence-electron chi connectivity index (χ4n) is 2.04. The highest BCUT2D eigenvalue weighted by Gasteiger charge is 2.09. The number of amides is 1. The van der Waals surface area contributed by atoms with Gasteiger partial charge in [-0.3, -0.25) is 4.79 Å². The second-order valence-corrected chi connectivity index (χ2v) is 4.60. The summed E-state index contributed by atoms with van der Waals surface area (Å²) < 4.78 is 10.3. The third-order valence-electron chi connectivity index (χ3n) is 3.14.